The van der Waals surface area contributed by atoms with E-state index >= 15 is 0 Å². The number of rotatable bonds is 0. The van der Waals surface area contributed by atoms with E-state index in [-0.39, 0.29) is 0 Å². The fraction of sp³-hybridized carbons (Fsp3) is 0.333. The molecule has 1 aliphatic rings. The van der Waals surface area contributed by atoms with Crippen molar-refractivity contribution in [3.05, 3.63) is 59.7 Å². The molecule has 0 nitrogen and oxygen atoms in total. The zero-order valence-corrected chi connectivity index (χ0v) is 13.7. The van der Waals surface area contributed by atoms with Gasteiger partial charge >= 0.3 is 0 Å². The van der Waals surface area contributed by atoms with Gasteiger partial charge in [0.2, 0.25) is 0 Å². The highest BCUT2D eigenvalue weighted by atomic mass is 14.2. The SMILES string of the molecule is CC.CCC.c1cc2c3c(c1)ccc1cccc(c13)CC2. The fourth-order valence-corrected chi connectivity index (χ4v) is 2.99. The van der Waals surface area contributed by atoms with Gasteiger partial charge in [-0.2, -0.15) is 0 Å². The molecule has 1 aliphatic carbocycles. The van der Waals surface area contributed by atoms with Crippen LogP contribution in [-0.2, 0) is 12.8 Å². The molecule has 110 valence electrons. The van der Waals surface area contributed by atoms with E-state index in [2.05, 4.69) is 62.4 Å². The van der Waals surface area contributed by atoms with Gasteiger partial charge < -0.3 is 0 Å². The number of hydrogen-bond acceptors (Lipinski definition) is 0. The van der Waals surface area contributed by atoms with Gasteiger partial charge in [0.1, 0.15) is 0 Å². The standard InChI is InChI=1S/C16H12.C3H8.C2H6/c1-3-11-7-9-13-5-2-6-14-10-8-12(4-1)15(11)16(13)14;1-3-2;1-2/h1-7,9H,8,10H2;3H2,1-2H3;1-2H3. The van der Waals surface area contributed by atoms with Gasteiger partial charge in [-0.25, -0.2) is 0 Å². The lowest BCUT2D eigenvalue weighted by molar-refractivity contribution is 0.968. The Morgan fingerprint density at radius 3 is 1.43 bits per heavy atom. The molecule has 3 aromatic rings. The second-order valence-corrected chi connectivity index (χ2v) is 5.30. The molecule has 0 aliphatic heterocycles. The molecule has 0 heterocycles. The molecule has 0 atom stereocenters. The second-order valence-electron chi connectivity index (χ2n) is 5.30. The molecule has 0 saturated heterocycles. The highest BCUT2D eigenvalue weighted by Gasteiger charge is 2.13. The van der Waals surface area contributed by atoms with Gasteiger partial charge in [-0.1, -0.05) is 82.6 Å². The summed E-state index contributed by atoms with van der Waals surface area (Å²) in [5.41, 5.74) is 3.03. The van der Waals surface area contributed by atoms with Crippen molar-refractivity contribution >= 4 is 21.5 Å². The van der Waals surface area contributed by atoms with E-state index in [4.69, 9.17) is 0 Å². The van der Waals surface area contributed by atoms with Gasteiger partial charge in [-0.3, -0.25) is 0 Å². The van der Waals surface area contributed by atoms with Crippen molar-refractivity contribution in [3.63, 3.8) is 0 Å². The first-order valence-corrected chi connectivity index (χ1v) is 8.27. The predicted molar refractivity (Wildman–Crippen MR) is 96.2 cm³/mol. The van der Waals surface area contributed by atoms with E-state index < -0.39 is 0 Å². The molecule has 0 aromatic heterocycles. The average Bonchev–Trinajstić information content (AvgIpc) is 2.55. The lowest BCUT2D eigenvalue weighted by Gasteiger charge is -2.18. The van der Waals surface area contributed by atoms with Crippen molar-refractivity contribution in [1.82, 2.24) is 0 Å². The number of aryl methyl sites for hydroxylation is 2. The van der Waals surface area contributed by atoms with Crippen LogP contribution in [0.25, 0.3) is 21.5 Å². The monoisotopic (exact) mass is 278 g/mol. The van der Waals surface area contributed by atoms with E-state index in [0.29, 0.717) is 0 Å². The van der Waals surface area contributed by atoms with Crippen LogP contribution in [0.5, 0.6) is 0 Å². The smallest absolute Gasteiger partial charge is 0.00704 e. The van der Waals surface area contributed by atoms with Crippen LogP contribution in [0.1, 0.15) is 45.2 Å². The van der Waals surface area contributed by atoms with Crippen molar-refractivity contribution < 1.29 is 0 Å². The maximum Gasteiger partial charge on any atom is -0.00704 e. The predicted octanol–water partition coefficient (Wildman–Crippen LogP) is 6.53. The quantitative estimate of drug-likeness (QED) is 0.410. The summed E-state index contributed by atoms with van der Waals surface area (Å²) in [6.45, 7) is 8.25. The molecular weight excluding hydrogens is 252 g/mol. The second kappa shape index (κ2) is 7.26. The van der Waals surface area contributed by atoms with E-state index in [1.54, 1.807) is 0 Å². The number of benzene rings is 3. The number of hydrogen-bond donors (Lipinski definition) is 0. The topological polar surface area (TPSA) is 0 Å². The molecular formula is C21H26. The Bertz CT molecular complexity index is 660. The van der Waals surface area contributed by atoms with E-state index in [0.717, 1.165) is 0 Å². The summed E-state index contributed by atoms with van der Waals surface area (Å²) >= 11 is 0. The largest absolute Gasteiger partial charge is 0.0683 e. The molecule has 3 aromatic carbocycles. The van der Waals surface area contributed by atoms with Gasteiger partial charge in [0, 0.05) is 0 Å². The maximum absolute atomic E-state index is 2.28. The summed E-state index contributed by atoms with van der Waals surface area (Å²) in [6.07, 6.45) is 3.63. The molecule has 0 N–H and O–H groups in total. The van der Waals surface area contributed by atoms with Crippen LogP contribution in [0.15, 0.2) is 48.5 Å². The van der Waals surface area contributed by atoms with Crippen molar-refractivity contribution in [2.45, 2.75) is 47.0 Å². The van der Waals surface area contributed by atoms with Crippen molar-refractivity contribution in [1.29, 1.82) is 0 Å². The molecule has 0 bridgehead atoms. The van der Waals surface area contributed by atoms with Crippen LogP contribution in [0.4, 0.5) is 0 Å². The Kier molecular flexibility index (Phi) is 5.38. The summed E-state index contributed by atoms with van der Waals surface area (Å²) in [5, 5.41) is 5.75. The van der Waals surface area contributed by atoms with E-state index in [9.17, 15) is 0 Å². The van der Waals surface area contributed by atoms with Crippen LogP contribution < -0.4 is 0 Å². The Labute approximate surface area is 128 Å². The van der Waals surface area contributed by atoms with E-state index in [1.165, 1.54) is 51.9 Å². The summed E-state index contributed by atoms with van der Waals surface area (Å²) < 4.78 is 0. The van der Waals surface area contributed by atoms with Crippen LogP contribution in [0, 0.1) is 0 Å². The fourth-order valence-electron chi connectivity index (χ4n) is 2.99. The summed E-state index contributed by atoms with van der Waals surface area (Å²) in [6, 6.07) is 17.8. The summed E-state index contributed by atoms with van der Waals surface area (Å²) in [4.78, 5) is 0. The van der Waals surface area contributed by atoms with Gasteiger partial charge in [0.15, 0.2) is 0 Å². The van der Waals surface area contributed by atoms with Crippen molar-refractivity contribution in [2.75, 3.05) is 0 Å². The third-order valence-corrected chi connectivity index (χ3v) is 3.72. The van der Waals surface area contributed by atoms with Crippen LogP contribution in [0.3, 0.4) is 0 Å². The molecule has 21 heavy (non-hydrogen) atoms. The maximum atomic E-state index is 2.28. The zero-order valence-electron chi connectivity index (χ0n) is 13.7. The summed E-state index contributed by atoms with van der Waals surface area (Å²) in [7, 11) is 0. The molecule has 0 spiro atoms. The minimum absolute atomic E-state index is 1.19. The molecule has 0 radical (unpaired) electrons. The highest BCUT2D eigenvalue weighted by Crippen LogP contribution is 2.35. The Hall–Kier alpha value is -1.82. The first kappa shape index (κ1) is 15.6. The minimum Gasteiger partial charge on any atom is -0.0683 e. The van der Waals surface area contributed by atoms with Crippen LogP contribution >= 0.6 is 0 Å². The van der Waals surface area contributed by atoms with E-state index in [1.807, 2.05) is 13.8 Å². The van der Waals surface area contributed by atoms with Crippen molar-refractivity contribution in [2.24, 2.45) is 0 Å². The third-order valence-electron chi connectivity index (χ3n) is 3.72. The lowest BCUT2D eigenvalue weighted by atomic mass is 9.86. The van der Waals surface area contributed by atoms with Gasteiger partial charge in [-0.05, 0) is 45.5 Å². The normalized spacial score (nSPS) is 11.6. The van der Waals surface area contributed by atoms with Crippen LogP contribution in [-0.4, -0.2) is 0 Å². The lowest BCUT2D eigenvalue weighted by Crippen LogP contribution is -2.00. The molecule has 0 unspecified atom stereocenters. The first-order valence-electron chi connectivity index (χ1n) is 8.27. The Balaban J connectivity index is 0.000000291. The molecule has 0 saturated carbocycles. The molecule has 0 fully saturated rings. The molecule has 0 amide bonds. The summed E-state index contributed by atoms with van der Waals surface area (Å²) in [5.74, 6) is 0. The van der Waals surface area contributed by atoms with Crippen LogP contribution in [0.2, 0.25) is 0 Å². The molecule has 4 rings (SSSR count). The van der Waals surface area contributed by atoms with Gasteiger partial charge in [0.25, 0.3) is 0 Å². The first-order chi connectivity index (χ1) is 10.3. The highest BCUT2D eigenvalue weighted by molar-refractivity contribution is 6.11. The third kappa shape index (κ3) is 2.95. The Morgan fingerprint density at radius 2 is 1.05 bits per heavy atom. The average molecular weight is 278 g/mol. The molecule has 0 heteroatoms. The Morgan fingerprint density at radius 1 is 0.667 bits per heavy atom. The van der Waals surface area contributed by atoms with Crippen molar-refractivity contribution in [3.8, 4) is 0 Å². The minimum atomic E-state index is 1.19. The van der Waals surface area contributed by atoms with Gasteiger partial charge in [-0.15, -0.1) is 0 Å². The van der Waals surface area contributed by atoms with Gasteiger partial charge in [0.05, 0.1) is 0 Å². The zero-order chi connectivity index (χ0) is 15.2.